The number of thiocarbonyl (C=S) groups is 1. The van der Waals surface area contributed by atoms with Gasteiger partial charge >= 0.3 is 0 Å². The van der Waals surface area contributed by atoms with Gasteiger partial charge in [0.15, 0.2) is 5.11 Å². The van der Waals surface area contributed by atoms with E-state index in [4.69, 9.17) is 23.8 Å². The lowest BCUT2D eigenvalue weighted by Gasteiger charge is -2.08. The molecule has 0 aliphatic heterocycles. The Morgan fingerprint density at radius 3 is 2.54 bits per heavy atom. The Bertz CT molecular complexity index is 848. The SMILES string of the molecule is Fc1ccccc1Cn1cc(NC(=S)Nc2ccc(Cl)cc2)cn1. The van der Waals surface area contributed by atoms with Crippen molar-refractivity contribution >= 4 is 40.3 Å². The molecule has 0 atom stereocenters. The third-order valence-electron chi connectivity index (χ3n) is 3.28. The van der Waals surface area contributed by atoms with Crippen LogP contribution in [0.4, 0.5) is 15.8 Å². The summed E-state index contributed by atoms with van der Waals surface area (Å²) in [6.07, 6.45) is 3.40. The Hall–Kier alpha value is -2.44. The van der Waals surface area contributed by atoms with Crippen molar-refractivity contribution in [2.45, 2.75) is 6.54 Å². The van der Waals surface area contributed by atoms with E-state index in [1.807, 2.05) is 12.1 Å². The number of nitrogens with zero attached hydrogens (tertiary/aromatic N) is 2. The van der Waals surface area contributed by atoms with Crippen LogP contribution in [0.1, 0.15) is 5.56 Å². The van der Waals surface area contributed by atoms with Gasteiger partial charge in [-0.25, -0.2) is 4.39 Å². The fraction of sp³-hybridized carbons (Fsp3) is 0.0588. The highest BCUT2D eigenvalue weighted by molar-refractivity contribution is 7.80. The van der Waals surface area contributed by atoms with Crippen molar-refractivity contribution in [3.8, 4) is 0 Å². The first-order valence-electron chi connectivity index (χ1n) is 7.19. The van der Waals surface area contributed by atoms with E-state index >= 15 is 0 Å². The summed E-state index contributed by atoms with van der Waals surface area (Å²) in [5.74, 6) is -0.248. The molecule has 2 aromatic carbocycles. The second-order valence-corrected chi connectivity index (χ2v) is 5.95. The van der Waals surface area contributed by atoms with Crippen molar-refractivity contribution in [2.24, 2.45) is 0 Å². The fourth-order valence-corrected chi connectivity index (χ4v) is 2.50. The van der Waals surface area contributed by atoms with E-state index in [-0.39, 0.29) is 5.82 Å². The molecule has 7 heteroatoms. The van der Waals surface area contributed by atoms with Crippen molar-refractivity contribution < 1.29 is 4.39 Å². The normalized spacial score (nSPS) is 10.4. The van der Waals surface area contributed by atoms with Crippen LogP contribution in [0.5, 0.6) is 0 Å². The molecule has 0 saturated carbocycles. The zero-order chi connectivity index (χ0) is 16.9. The standard InChI is InChI=1S/C17H14ClFN4S/c18-13-5-7-14(8-6-13)21-17(24)22-15-9-20-23(11-15)10-12-3-1-2-4-16(12)19/h1-9,11H,10H2,(H2,21,22,24). The highest BCUT2D eigenvalue weighted by Gasteiger charge is 2.05. The Labute approximate surface area is 149 Å². The minimum atomic E-state index is -0.248. The van der Waals surface area contributed by atoms with Gasteiger partial charge in [-0.3, -0.25) is 4.68 Å². The summed E-state index contributed by atoms with van der Waals surface area (Å²) in [4.78, 5) is 0. The summed E-state index contributed by atoms with van der Waals surface area (Å²) in [6.45, 7) is 0.353. The van der Waals surface area contributed by atoms with E-state index < -0.39 is 0 Å². The summed E-state index contributed by atoms with van der Waals surface area (Å²) in [7, 11) is 0. The molecule has 4 nitrogen and oxygen atoms in total. The molecule has 122 valence electrons. The van der Waals surface area contributed by atoms with Crippen LogP contribution in [0.15, 0.2) is 60.9 Å². The molecule has 0 spiro atoms. The van der Waals surface area contributed by atoms with Gasteiger partial charge in [-0.05, 0) is 42.5 Å². The van der Waals surface area contributed by atoms with Crippen molar-refractivity contribution in [3.05, 3.63) is 77.3 Å². The molecule has 0 aliphatic carbocycles. The molecule has 3 aromatic rings. The molecule has 1 heterocycles. The third kappa shape index (κ3) is 4.31. The molecule has 0 bridgehead atoms. The Balaban J connectivity index is 1.60. The summed E-state index contributed by atoms with van der Waals surface area (Å²) >= 11 is 11.1. The van der Waals surface area contributed by atoms with E-state index in [2.05, 4.69) is 15.7 Å². The number of nitrogens with one attached hydrogen (secondary N) is 2. The van der Waals surface area contributed by atoms with Gasteiger partial charge < -0.3 is 10.6 Å². The van der Waals surface area contributed by atoms with Crippen LogP contribution < -0.4 is 10.6 Å². The van der Waals surface area contributed by atoms with Gasteiger partial charge in [0.25, 0.3) is 0 Å². The minimum absolute atomic E-state index is 0.248. The topological polar surface area (TPSA) is 41.9 Å². The smallest absolute Gasteiger partial charge is 0.175 e. The summed E-state index contributed by atoms with van der Waals surface area (Å²) < 4.78 is 15.3. The Kier molecular flexibility index (Phi) is 5.08. The second-order valence-electron chi connectivity index (χ2n) is 5.10. The minimum Gasteiger partial charge on any atom is -0.332 e. The van der Waals surface area contributed by atoms with Gasteiger partial charge in [0.2, 0.25) is 0 Å². The number of aromatic nitrogens is 2. The maximum atomic E-state index is 13.7. The van der Waals surface area contributed by atoms with Crippen molar-refractivity contribution in [3.63, 3.8) is 0 Å². The maximum Gasteiger partial charge on any atom is 0.175 e. The number of rotatable bonds is 4. The van der Waals surface area contributed by atoms with Crippen molar-refractivity contribution in [1.29, 1.82) is 0 Å². The van der Waals surface area contributed by atoms with E-state index in [1.165, 1.54) is 6.07 Å². The van der Waals surface area contributed by atoms with Crippen LogP contribution in [0, 0.1) is 5.82 Å². The van der Waals surface area contributed by atoms with Gasteiger partial charge in [0, 0.05) is 22.5 Å². The van der Waals surface area contributed by atoms with Gasteiger partial charge in [-0.1, -0.05) is 29.8 Å². The van der Waals surface area contributed by atoms with Crippen LogP contribution in [0.25, 0.3) is 0 Å². The lowest BCUT2D eigenvalue weighted by molar-refractivity contribution is 0.585. The van der Waals surface area contributed by atoms with Crippen LogP contribution in [-0.2, 0) is 6.54 Å². The number of hydrogen-bond acceptors (Lipinski definition) is 2. The molecule has 0 saturated heterocycles. The van der Waals surface area contributed by atoms with Crippen molar-refractivity contribution in [2.75, 3.05) is 10.6 Å². The molecule has 0 aliphatic rings. The average Bonchev–Trinajstić information content (AvgIpc) is 2.99. The first-order chi connectivity index (χ1) is 11.6. The summed E-state index contributed by atoms with van der Waals surface area (Å²) in [6, 6.07) is 13.8. The lowest BCUT2D eigenvalue weighted by atomic mass is 10.2. The first-order valence-corrected chi connectivity index (χ1v) is 7.98. The summed E-state index contributed by atoms with van der Waals surface area (Å²) in [5.41, 5.74) is 2.13. The van der Waals surface area contributed by atoms with Crippen LogP contribution in [0.2, 0.25) is 5.02 Å². The zero-order valence-electron chi connectivity index (χ0n) is 12.5. The number of anilines is 2. The second kappa shape index (κ2) is 7.42. The van der Waals surface area contributed by atoms with Crippen molar-refractivity contribution in [1.82, 2.24) is 9.78 Å². The van der Waals surface area contributed by atoms with E-state index in [9.17, 15) is 4.39 Å². The predicted octanol–water partition coefficient (Wildman–Crippen LogP) is 4.53. The average molecular weight is 361 g/mol. The zero-order valence-corrected chi connectivity index (χ0v) is 14.1. The molecule has 0 unspecified atom stereocenters. The Morgan fingerprint density at radius 1 is 1.08 bits per heavy atom. The predicted molar refractivity (Wildman–Crippen MR) is 99.0 cm³/mol. The van der Waals surface area contributed by atoms with Gasteiger partial charge in [0.1, 0.15) is 5.82 Å². The molecule has 0 radical (unpaired) electrons. The quantitative estimate of drug-likeness (QED) is 0.671. The third-order valence-corrected chi connectivity index (χ3v) is 3.74. The molecule has 0 amide bonds. The molecular weight excluding hydrogens is 347 g/mol. The van der Waals surface area contributed by atoms with E-state index in [1.54, 1.807) is 47.4 Å². The Morgan fingerprint density at radius 2 is 1.79 bits per heavy atom. The van der Waals surface area contributed by atoms with Gasteiger partial charge in [-0.15, -0.1) is 0 Å². The first kappa shape index (κ1) is 16.4. The molecular formula is C17H14ClFN4S. The monoisotopic (exact) mass is 360 g/mol. The molecule has 3 rings (SSSR count). The maximum absolute atomic E-state index is 13.7. The molecule has 24 heavy (non-hydrogen) atoms. The summed E-state index contributed by atoms with van der Waals surface area (Å²) in [5, 5.41) is 11.4. The van der Waals surface area contributed by atoms with E-state index in [0.29, 0.717) is 22.2 Å². The number of hydrogen-bond donors (Lipinski definition) is 2. The van der Waals surface area contributed by atoms with Crippen LogP contribution >= 0.6 is 23.8 Å². The fourth-order valence-electron chi connectivity index (χ4n) is 2.14. The lowest BCUT2D eigenvalue weighted by Crippen LogP contribution is -2.18. The van der Waals surface area contributed by atoms with Crippen LogP contribution in [0.3, 0.4) is 0 Å². The molecule has 0 fully saturated rings. The molecule has 2 N–H and O–H groups in total. The molecule has 1 aromatic heterocycles. The highest BCUT2D eigenvalue weighted by atomic mass is 35.5. The van der Waals surface area contributed by atoms with E-state index in [0.717, 1.165) is 11.4 Å². The largest absolute Gasteiger partial charge is 0.332 e. The van der Waals surface area contributed by atoms with Gasteiger partial charge in [0.05, 0.1) is 18.4 Å². The van der Waals surface area contributed by atoms with Gasteiger partial charge in [-0.2, -0.15) is 5.10 Å². The number of benzene rings is 2. The number of halogens is 2. The van der Waals surface area contributed by atoms with Crippen LogP contribution in [-0.4, -0.2) is 14.9 Å². The highest BCUT2D eigenvalue weighted by Crippen LogP contribution is 2.15.